The number of nitrogens with one attached hydrogen (secondary N) is 1. The van der Waals surface area contributed by atoms with Gasteiger partial charge in [0.15, 0.2) is 16.1 Å². The highest BCUT2D eigenvalue weighted by Gasteiger charge is 2.27. The first kappa shape index (κ1) is 16.4. The van der Waals surface area contributed by atoms with Gasteiger partial charge in [0.2, 0.25) is 17.3 Å². The van der Waals surface area contributed by atoms with Gasteiger partial charge in [0.25, 0.3) is 0 Å². The highest BCUT2D eigenvalue weighted by atomic mass is 79.9. The normalized spacial score (nSPS) is 15.5. The van der Waals surface area contributed by atoms with Crippen LogP contribution in [0.25, 0.3) is 11.3 Å². The Morgan fingerprint density at radius 2 is 2.08 bits per heavy atom. The second-order valence-corrected chi connectivity index (χ2v) is 7.27. The van der Waals surface area contributed by atoms with Gasteiger partial charge >= 0.3 is 0 Å². The maximum atomic E-state index is 6.11. The molecule has 25 heavy (non-hydrogen) atoms. The first-order valence-electron chi connectivity index (χ1n) is 7.90. The molecule has 3 aromatic rings. The zero-order chi connectivity index (χ0) is 17.2. The van der Waals surface area contributed by atoms with Gasteiger partial charge in [-0.3, -0.25) is 0 Å². The van der Waals surface area contributed by atoms with Crippen molar-refractivity contribution in [3.05, 3.63) is 46.8 Å². The number of thioether (sulfide) groups is 1. The Hall–Kier alpha value is -2.06. The van der Waals surface area contributed by atoms with Gasteiger partial charge in [0.05, 0.1) is 0 Å². The summed E-state index contributed by atoms with van der Waals surface area (Å²) in [4.78, 5) is 4.57. The first-order valence-corrected chi connectivity index (χ1v) is 9.68. The summed E-state index contributed by atoms with van der Waals surface area (Å²) in [7, 11) is 0. The number of benzene rings is 1. The van der Waals surface area contributed by atoms with Gasteiger partial charge in [-0.25, -0.2) is 0 Å². The lowest BCUT2D eigenvalue weighted by Gasteiger charge is -2.16. The molecule has 1 aromatic carbocycles. The van der Waals surface area contributed by atoms with E-state index in [-0.39, 0.29) is 0 Å². The van der Waals surface area contributed by atoms with E-state index < -0.39 is 6.23 Å². The summed E-state index contributed by atoms with van der Waals surface area (Å²) in [5.74, 6) is 2.03. The maximum absolute atomic E-state index is 6.11. The largest absolute Gasteiger partial charge is 0.448 e. The number of rotatable bonds is 4. The van der Waals surface area contributed by atoms with E-state index in [1.54, 1.807) is 11.8 Å². The predicted molar refractivity (Wildman–Crippen MR) is 99.7 cm³/mol. The molecule has 0 aliphatic carbocycles. The number of aromatic nitrogens is 3. The van der Waals surface area contributed by atoms with Crippen LogP contribution in [0.2, 0.25) is 0 Å². The fraction of sp³-hybridized carbons (Fsp3) is 0.235. The van der Waals surface area contributed by atoms with Gasteiger partial charge in [0.1, 0.15) is 0 Å². The van der Waals surface area contributed by atoms with Crippen molar-refractivity contribution in [1.29, 1.82) is 0 Å². The Bertz CT molecular complexity index is 902. The number of nitrogens with zero attached hydrogens (tertiary/aromatic N) is 3. The third-order valence-electron chi connectivity index (χ3n) is 3.62. The Kier molecular flexibility index (Phi) is 4.63. The van der Waals surface area contributed by atoms with Gasteiger partial charge in [-0.05, 0) is 40.5 Å². The third-order valence-corrected chi connectivity index (χ3v) is 5.09. The van der Waals surface area contributed by atoms with Crippen LogP contribution >= 0.6 is 27.7 Å². The van der Waals surface area contributed by atoms with Gasteiger partial charge in [-0.15, -0.1) is 10.2 Å². The maximum Gasteiger partial charge on any atom is 0.247 e. The molecular formula is C17H15BrN4O2S. The standard InChI is InChI=1S/C17H15BrN4O2S/c1-2-9-25-17-20-16-14(21-22-17)10-5-3-4-6-11(10)19-15(24-16)12-7-8-13(18)23-12/h3-8,15,19H,2,9H2,1H3. The van der Waals surface area contributed by atoms with Gasteiger partial charge in [-0.2, -0.15) is 4.98 Å². The molecule has 6 nitrogen and oxygen atoms in total. The van der Waals surface area contributed by atoms with Crippen LogP contribution in [0.4, 0.5) is 5.69 Å². The van der Waals surface area contributed by atoms with E-state index >= 15 is 0 Å². The van der Waals surface area contributed by atoms with Crippen LogP contribution in [0.5, 0.6) is 5.88 Å². The molecule has 1 N–H and O–H groups in total. The van der Waals surface area contributed by atoms with Crippen LogP contribution in [0, 0.1) is 0 Å². The Labute approximate surface area is 157 Å². The zero-order valence-corrected chi connectivity index (χ0v) is 15.8. The molecule has 4 rings (SSSR count). The minimum atomic E-state index is -0.505. The highest BCUT2D eigenvalue weighted by Crippen LogP contribution is 2.39. The second kappa shape index (κ2) is 7.05. The van der Waals surface area contributed by atoms with E-state index in [4.69, 9.17) is 9.15 Å². The van der Waals surface area contributed by atoms with Crippen molar-refractivity contribution in [2.45, 2.75) is 24.7 Å². The van der Waals surface area contributed by atoms with Crippen molar-refractivity contribution < 1.29 is 9.15 Å². The Morgan fingerprint density at radius 1 is 1.20 bits per heavy atom. The quantitative estimate of drug-likeness (QED) is 0.603. The first-order chi connectivity index (χ1) is 12.2. The lowest BCUT2D eigenvalue weighted by Crippen LogP contribution is -2.16. The molecule has 0 amide bonds. The summed E-state index contributed by atoms with van der Waals surface area (Å²) >= 11 is 4.90. The molecule has 0 radical (unpaired) electrons. The average Bonchev–Trinajstić information content (AvgIpc) is 2.99. The van der Waals surface area contributed by atoms with Crippen molar-refractivity contribution in [3.8, 4) is 17.1 Å². The summed E-state index contributed by atoms with van der Waals surface area (Å²) in [6.07, 6.45) is 0.536. The summed E-state index contributed by atoms with van der Waals surface area (Å²) in [6, 6.07) is 11.5. The van der Waals surface area contributed by atoms with E-state index in [2.05, 4.69) is 43.4 Å². The minimum Gasteiger partial charge on any atom is -0.448 e. The summed E-state index contributed by atoms with van der Waals surface area (Å²) < 4.78 is 12.4. The number of anilines is 1. The van der Waals surface area contributed by atoms with E-state index in [9.17, 15) is 0 Å². The molecule has 0 saturated carbocycles. The fourth-order valence-corrected chi connectivity index (χ4v) is 3.45. The molecule has 1 atom stereocenters. The molecule has 0 fully saturated rings. The van der Waals surface area contributed by atoms with E-state index in [0.717, 1.165) is 23.4 Å². The molecule has 128 valence electrons. The smallest absolute Gasteiger partial charge is 0.247 e. The molecular weight excluding hydrogens is 404 g/mol. The van der Waals surface area contributed by atoms with Crippen molar-refractivity contribution in [3.63, 3.8) is 0 Å². The second-order valence-electron chi connectivity index (χ2n) is 5.43. The van der Waals surface area contributed by atoms with Crippen LogP contribution < -0.4 is 10.1 Å². The van der Waals surface area contributed by atoms with Crippen molar-refractivity contribution in [2.75, 3.05) is 11.1 Å². The number of hydrogen-bond donors (Lipinski definition) is 1. The molecule has 0 spiro atoms. The number of fused-ring (bicyclic) bond motifs is 3. The lowest BCUT2D eigenvalue weighted by molar-refractivity contribution is 0.194. The Morgan fingerprint density at radius 3 is 2.88 bits per heavy atom. The molecule has 0 bridgehead atoms. The molecule has 1 unspecified atom stereocenters. The molecule has 0 saturated heterocycles. The van der Waals surface area contributed by atoms with Gasteiger partial charge in [0, 0.05) is 17.0 Å². The molecule has 1 aliphatic rings. The third kappa shape index (κ3) is 3.36. The van der Waals surface area contributed by atoms with Crippen molar-refractivity contribution >= 4 is 33.4 Å². The Balaban J connectivity index is 1.79. The minimum absolute atomic E-state index is 0.448. The van der Waals surface area contributed by atoms with E-state index in [0.29, 0.717) is 27.2 Å². The summed E-state index contributed by atoms with van der Waals surface area (Å²) in [5.41, 5.74) is 2.42. The number of para-hydroxylation sites is 1. The van der Waals surface area contributed by atoms with Gasteiger partial charge < -0.3 is 14.5 Å². The lowest BCUT2D eigenvalue weighted by atomic mass is 10.1. The SMILES string of the molecule is CCCSc1nnc2c(n1)OC(c1ccc(Br)o1)Nc1ccccc1-2. The zero-order valence-electron chi connectivity index (χ0n) is 13.4. The van der Waals surface area contributed by atoms with E-state index in [1.165, 1.54) is 0 Å². The monoisotopic (exact) mass is 418 g/mol. The summed E-state index contributed by atoms with van der Waals surface area (Å²) in [6.45, 7) is 2.12. The van der Waals surface area contributed by atoms with Crippen LogP contribution in [0.15, 0.2) is 50.6 Å². The van der Waals surface area contributed by atoms with Gasteiger partial charge in [-0.1, -0.05) is 36.9 Å². The predicted octanol–water partition coefficient (Wildman–Crippen LogP) is 4.90. The fourth-order valence-electron chi connectivity index (χ4n) is 2.50. The van der Waals surface area contributed by atoms with Crippen LogP contribution in [-0.2, 0) is 0 Å². The number of ether oxygens (including phenoxy) is 1. The number of furan rings is 1. The van der Waals surface area contributed by atoms with E-state index in [1.807, 2.05) is 36.4 Å². The van der Waals surface area contributed by atoms with Crippen LogP contribution in [0.1, 0.15) is 25.3 Å². The molecule has 1 aliphatic heterocycles. The van der Waals surface area contributed by atoms with Crippen LogP contribution in [0.3, 0.4) is 0 Å². The topological polar surface area (TPSA) is 73.1 Å². The molecule has 8 heteroatoms. The molecule has 3 heterocycles. The van der Waals surface area contributed by atoms with Crippen LogP contribution in [-0.4, -0.2) is 20.9 Å². The summed E-state index contributed by atoms with van der Waals surface area (Å²) in [5, 5.41) is 12.6. The number of halogens is 1. The van der Waals surface area contributed by atoms with Crippen molar-refractivity contribution in [1.82, 2.24) is 15.2 Å². The highest BCUT2D eigenvalue weighted by molar-refractivity contribution is 9.10. The number of hydrogen-bond acceptors (Lipinski definition) is 7. The molecule has 2 aromatic heterocycles. The van der Waals surface area contributed by atoms with Crippen molar-refractivity contribution in [2.24, 2.45) is 0 Å². The average molecular weight is 419 g/mol.